The van der Waals surface area contributed by atoms with Gasteiger partial charge in [-0.1, -0.05) is 0 Å². The predicted octanol–water partition coefficient (Wildman–Crippen LogP) is 0.0893. The highest BCUT2D eigenvalue weighted by atomic mass is 16.2. The first-order chi connectivity index (χ1) is 8.90. The summed E-state index contributed by atoms with van der Waals surface area (Å²) in [5.74, 6) is -0.355. The monoisotopic (exact) mass is 265 g/mol. The number of rotatable bonds is 6. The molecule has 0 aliphatic carbocycles. The predicted molar refractivity (Wildman–Crippen MR) is 73.6 cm³/mol. The molecule has 0 aliphatic rings. The molecule has 104 valence electrons. The van der Waals surface area contributed by atoms with Crippen molar-refractivity contribution in [2.45, 2.75) is 26.3 Å². The molecule has 2 amide bonds. The zero-order valence-corrected chi connectivity index (χ0v) is 11.1. The standard InChI is InChI=1S/C12H19N5O2/c1-7(2)17-10(18)3-4-15-12-9(11(14)19)5-8(13)6-16-12/h5-7H,3-4,13H2,1-2H3,(H2,14,19)(H,15,16)(H,17,18). The van der Waals surface area contributed by atoms with E-state index in [9.17, 15) is 9.59 Å². The number of aromatic nitrogens is 1. The van der Waals surface area contributed by atoms with Crippen LogP contribution in [0.5, 0.6) is 0 Å². The number of nitrogen functional groups attached to an aromatic ring is 1. The average molecular weight is 265 g/mol. The summed E-state index contributed by atoms with van der Waals surface area (Å²) in [5, 5.41) is 5.66. The van der Waals surface area contributed by atoms with Gasteiger partial charge in [-0.2, -0.15) is 0 Å². The minimum absolute atomic E-state index is 0.0708. The quantitative estimate of drug-likeness (QED) is 0.580. The highest BCUT2D eigenvalue weighted by molar-refractivity contribution is 5.98. The lowest BCUT2D eigenvalue weighted by molar-refractivity contribution is -0.121. The fourth-order valence-electron chi connectivity index (χ4n) is 1.50. The van der Waals surface area contributed by atoms with Gasteiger partial charge < -0.3 is 22.1 Å². The maximum absolute atomic E-state index is 11.4. The van der Waals surface area contributed by atoms with Crippen molar-refractivity contribution < 1.29 is 9.59 Å². The summed E-state index contributed by atoms with van der Waals surface area (Å²) in [7, 11) is 0. The van der Waals surface area contributed by atoms with E-state index in [4.69, 9.17) is 11.5 Å². The Bertz CT molecular complexity index is 473. The Balaban J connectivity index is 2.58. The van der Waals surface area contributed by atoms with Crippen LogP contribution in [0, 0.1) is 0 Å². The van der Waals surface area contributed by atoms with Gasteiger partial charge in [0.05, 0.1) is 17.4 Å². The van der Waals surface area contributed by atoms with Gasteiger partial charge in [0, 0.05) is 19.0 Å². The van der Waals surface area contributed by atoms with E-state index in [1.807, 2.05) is 13.8 Å². The van der Waals surface area contributed by atoms with Crippen LogP contribution in [-0.4, -0.2) is 29.4 Å². The summed E-state index contributed by atoms with van der Waals surface area (Å²) >= 11 is 0. The number of anilines is 2. The van der Waals surface area contributed by atoms with Crippen LogP contribution >= 0.6 is 0 Å². The molecular formula is C12H19N5O2. The Morgan fingerprint density at radius 1 is 1.42 bits per heavy atom. The summed E-state index contributed by atoms with van der Waals surface area (Å²) in [6.07, 6.45) is 1.70. The molecule has 1 aromatic heterocycles. The summed E-state index contributed by atoms with van der Waals surface area (Å²) < 4.78 is 0. The van der Waals surface area contributed by atoms with Crippen molar-refractivity contribution in [3.63, 3.8) is 0 Å². The molecule has 1 aromatic rings. The van der Waals surface area contributed by atoms with Gasteiger partial charge in [-0.15, -0.1) is 0 Å². The average Bonchev–Trinajstić information content (AvgIpc) is 2.29. The molecule has 7 nitrogen and oxygen atoms in total. The third-order valence-electron chi connectivity index (χ3n) is 2.27. The third-order valence-corrected chi connectivity index (χ3v) is 2.27. The van der Waals surface area contributed by atoms with E-state index >= 15 is 0 Å². The Morgan fingerprint density at radius 2 is 2.11 bits per heavy atom. The van der Waals surface area contributed by atoms with Crippen molar-refractivity contribution in [2.24, 2.45) is 5.73 Å². The second kappa shape index (κ2) is 6.58. The molecule has 0 aromatic carbocycles. The first-order valence-corrected chi connectivity index (χ1v) is 5.98. The number of hydrogen-bond acceptors (Lipinski definition) is 5. The minimum Gasteiger partial charge on any atom is -0.397 e. The van der Waals surface area contributed by atoms with Crippen molar-refractivity contribution in [3.8, 4) is 0 Å². The zero-order valence-electron chi connectivity index (χ0n) is 11.1. The van der Waals surface area contributed by atoms with Gasteiger partial charge in [-0.05, 0) is 19.9 Å². The first kappa shape index (κ1) is 14.7. The molecule has 7 heteroatoms. The van der Waals surface area contributed by atoms with Crippen molar-refractivity contribution in [2.75, 3.05) is 17.6 Å². The maximum atomic E-state index is 11.4. The molecule has 6 N–H and O–H groups in total. The molecule has 0 saturated heterocycles. The van der Waals surface area contributed by atoms with Crippen LogP contribution in [0.2, 0.25) is 0 Å². The lowest BCUT2D eigenvalue weighted by atomic mass is 10.2. The Kier molecular flexibility index (Phi) is 5.11. The largest absolute Gasteiger partial charge is 0.397 e. The van der Waals surface area contributed by atoms with Crippen LogP contribution in [0.4, 0.5) is 11.5 Å². The molecule has 19 heavy (non-hydrogen) atoms. The molecule has 0 aliphatic heterocycles. The third kappa shape index (κ3) is 4.82. The summed E-state index contributed by atoms with van der Waals surface area (Å²) in [5.41, 5.74) is 11.3. The Morgan fingerprint density at radius 3 is 2.68 bits per heavy atom. The highest BCUT2D eigenvalue weighted by Crippen LogP contribution is 2.14. The van der Waals surface area contributed by atoms with E-state index in [2.05, 4.69) is 15.6 Å². The molecule has 0 radical (unpaired) electrons. The lowest BCUT2D eigenvalue weighted by Gasteiger charge is -2.11. The summed E-state index contributed by atoms with van der Waals surface area (Å²) in [4.78, 5) is 26.6. The van der Waals surface area contributed by atoms with Gasteiger partial charge in [-0.25, -0.2) is 4.98 Å². The maximum Gasteiger partial charge on any atom is 0.252 e. The van der Waals surface area contributed by atoms with Gasteiger partial charge in [0.1, 0.15) is 5.82 Å². The van der Waals surface area contributed by atoms with Gasteiger partial charge in [0.25, 0.3) is 5.91 Å². The van der Waals surface area contributed by atoms with Gasteiger partial charge in [-0.3, -0.25) is 9.59 Å². The fourth-order valence-corrected chi connectivity index (χ4v) is 1.50. The highest BCUT2D eigenvalue weighted by Gasteiger charge is 2.10. The van der Waals surface area contributed by atoms with Gasteiger partial charge >= 0.3 is 0 Å². The smallest absolute Gasteiger partial charge is 0.252 e. The number of primary amides is 1. The number of pyridine rings is 1. The molecule has 0 bridgehead atoms. The molecule has 1 heterocycles. The van der Waals surface area contributed by atoms with Crippen LogP contribution in [-0.2, 0) is 4.79 Å². The Labute approximate surface area is 111 Å². The molecular weight excluding hydrogens is 246 g/mol. The fraction of sp³-hybridized carbons (Fsp3) is 0.417. The van der Waals surface area contributed by atoms with E-state index < -0.39 is 5.91 Å². The number of carbonyl (C=O) groups excluding carboxylic acids is 2. The van der Waals surface area contributed by atoms with E-state index in [-0.39, 0.29) is 23.9 Å². The van der Waals surface area contributed by atoms with Crippen molar-refractivity contribution in [3.05, 3.63) is 17.8 Å². The molecule has 0 unspecified atom stereocenters. The number of hydrogen-bond donors (Lipinski definition) is 4. The number of nitrogens with one attached hydrogen (secondary N) is 2. The molecule has 0 saturated carbocycles. The zero-order chi connectivity index (χ0) is 14.4. The molecule has 0 spiro atoms. The normalized spacial score (nSPS) is 10.3. The van der Waals surface area contributed by atoms with Gasteiger partial charge in [0.2, 0.25) is 5.91 Å². The minimum atomic E-state index is -0.617. The van der Waals surface area contributed by atoms with Crippen molar-refractivity contribution in [1.29, 1.82) is 0 Å². The van der Waals surface area contributed by atoms with E-state index in [0.29, 0.717) is 18.1 Å². The van der Waals surface area contributed by atoms with Gasteiger partial charge in [0.15, 0.2) is 0 Å². The SMILES string of the molecule is CC(C)NC(=O)CCNc1ncc(N)cc1C(N)=O. The van der Waals surface area contributed by atoms with Crippen LogP contribution < -0.4 is 22.1 Å². The van der Waals surface area contributed by atoms with Crippen LogP contribution in [0.25, 0.3) is 0 Å². The van der Waals surface area contributed by atoms with E-state index in [0.717, 1.165) is 0 Å². The van der Waals surface area contributed by atoms with Crippen LogP contribution in [0.1, 0.15) is 30.6 Å². The van der Waals surface area contributed by atoms with Crippen molar-refractivity contribution in [1.82, 2.24) is 10.3 Å². The Hall–Kier alpha value is -2.31. The van der Waals surface area contributed by atoms with Crippen LogP contribution in [0.15, 0.2) is 12.3 Å². The number of carbonyl (C=O) groups is 2. The summed E-state index contributed by atoms with van der Waals surface area (Å²) in [6, 6.07) is 1.55. The summed E-state index contributed by atoms with van der Waals surface area (Å²) in [6.45, 7) is 4.13. The second-order valence-corrected chi connectivity index (χ2v) is 4.43. The van der Waals surface area contributed by atoms with E-state index in [1.54, 1.807) is 0 Å². The van der Waals surface area contributed by atoms with Crippen LogP contribution in [0.3, 0.4) is 0 Å². The van der Waals surface area contributed by atoms with Crippen molar-refractivity contribution >= 4 is 23.3 Å². The molecule has 1 rings (SSSR count). The second-order valence-electron chi connectivity index (χ2n) is 4.43. The number of nitrogens with zero attached hydrogens (tertiary/aromatic N) is 1. The molecule has 0 fully saturated rings. The topological polar surface area (TPSA) is 123 Å². The first-order valence-electron chi connectivity index (χ1n) is 5.98. The number of amides is 2. The molecule has 0 atom stereocenters. The lowest BCUT2D eigenvalue weighted by Crippen LogP contribution is -2.31. The van der Waals surface area contributed by atoms with E-state index in [1.165, 1.54) is 12.3 Å². The number of nitrogens with two attached hydrogens (primary N) is 2.